The normalized spacial score (nSPS) is 19.9. The number of nitrogens with zero attached hydrogens (tertiary/aromatic N) is 3. The fraction of sp³-hybridized carbons (Fsp3) is 0.750. The van der Waals surface area contributed by atoms with Gasteiger partial charge in [-0.25, -0.2) is 0 Å². The van der Waals surface area contributed by atoms with Crippen molar-refractivity contribution in [2.75, 3.05) is 18.1 Å². The average molecular weight is 277 g/mol. The minimum atomic E-state index is -0.0819. The molecule has 2 rings (SSSR count). The Bertz CT molecular complexity index is 422. The van der Waals surface area contributed by atoms with Crippen LogP contribution in [0.5, 0.6) is 0 Å². The van der Waals surface area contributed by atoms with Crippen LogP contribution in [0.2, 0.25) is 0 Å². The van der Waals surface area contributed by atoms with E-state index in [2.05, 4.69) is 61.8 Å². The summed E-state index contributed by atoms with van der Waals surface area (Å²) in [7, 11) is 0. The summed E-state index contributed by atoms with van der Waals surface area (Å²) >= 11 is 0. The summed E-state index contributed by atoms with van der Waals surface area (Å²) in [5.74, 6) is 1.41. The molecule has 0 saturated carbocycles. The molecule has 20 heavy (non-hydrogen) atoms. The molecule has 1 fully saturated rings. The summed E-state index contributed by atoms with van der Waals surface area (Å²) < 4.78 is 5.94. The second kappa shape index (κ2) is 6.08. The molecule has 0 amide bonds. The van der Waals surface area contributed by atoms with Crippen molar-refractivity contribution in [3.63, 3.8) is 0 Å². The van der Waals surface area contributed by atoms with E-state index in [-0.39, 0.29) is 5.60 Å². The van der Waals surface area contributed by atoms with Gasteiger partial charge in [-0.1, -0.05) is 13.8 Å². The quantitative estimate of drug-likeness (QED) is 0.845. The monoisotopic (exact) mass is 277 g/mol. The molecule has 0 aromatic carbocycles. The Labute approximate surface area is 122 Å². The lowest BCUT2D eigenvalue weighted by Crippen LogP contribution is -2.36. The second-order valence-corrected chi connectivity index (χ2v) is 6.88. The van der Waals surface area contributed by atoms with Gasteiger partial charge in [0.1, 0.15) is 0 Å². The average Bonchev–Trinajstić information content (AvgIpc) is 2.84. The van der Waals surface area contributed by atoms with Crippen molar-refractivity contribution in [1.29, 1.82) is 0 Å². The van der Waals surface area contributed by atoms with Gasteiger partial charge in [0.25, 0.3) is 0 Å². The summed E-state index contributed by atoms with van der Waals surface area (Å²) in [5, 5.41) is 8.73. The molecule has 0 spiro atoms. The lowest BCUT2D eigenvalue weighted by Gasteiger charge is -2.28. The highest BCUT2D eigenvalue weighted by atomic mass is 16.5. The summed E-state index contributed by atoms with van der Waals surface area (Å²) in [6.07, 6.45) is 2.37. The van der Waals surface area contributed by atoms with Gasteiger partial charge in [-0.2, -0.15) is 5.10 Å². The smallest absolute Gasteiger partial charge is 0.151 e. The van der Waals surface area contributed by atoms with Gasteiger partial charge in [0.05, 0.1) is 23.9 Å². The van der Waals surface area contributed by atoms with Gasteiger partial charge in [0, 0.05) is 6.54 Å². The van der Waals surface area contributed by atoms with Crippen molar-refractivity contribution in [3.05, 3.63) is 17.8 Å². The van der Waals surface area contributed by atoms with Crippen molar-refractivity contribution in [1.82, 2.24) is 10.2 Å². The van der Waals surface area contributed by atoms with Crippen molar-refractivity contribution >= 4 is 5.82 Å². The van der Waals surface area contributed by atoms with Gasteiger partial charge in [-0.05, 0) is 51.7 Å². The highest BCUT2D eigenvalue weighted by Crippen LogP contribution is 2.25. The molecule has 0 bridgehead atoms. The third-order valence-corrected chi connectivity index (χ3v) is 3.64. The minimum Gasteiger partial charge on any atom is -0.374 e. The molecule has 0 unspecified atom stereocenters. The van der Waals surface area contributed by atoms with E-state index in [1.54, 1.807) is 0 Å². The molecule has 0 radical (unpaired) electrons. The van der Waals surface area contributed by atoms with Crippen LogP contribution in [-0.4, -0.2) is 35.0 Å². The third-order valence-electron chi connectivity index (χ3n) is 3.64. The van der Waals surface area contributed by atoms with Crippen LogP contribution in [0.4, 0.5) is 5.82 Å². The van der Waals surface area contributed by atoms with E-state index in [4.69, 9.17) is 4.74 Å². The molecule has 1 saturated heterocycles. The van der Waals surface area contributed by atoms with E-state index >= 15 is 0 Å². The molecule has 1 aromatic rings. The van der Waals surface area contributed by atoms with E-state index in [0.717, 1.165) is 24.7 Å². The summed E-state index contributed by atoms with van der Waals surface area (Å²) in [4.78, 5) is 2.34. The predicted octanol–water partition coefficient (Wildman–Crippen LogP) is 3.38. The number of hydrogen-bond donors (Lipinski definition) is 0. The maximum Gasteiger partial charge on any atom is 0.151 e. The molecule has 0 N–H and O–H groups in total. The number of aromatic nitrogens is 2. The zero-order chi connectivity index (χ0) is 14.8. The van der Waals surface area contributed by atoms with E-state index < -0.39 is 0 Å². The fourth-order valence-corrected chi connectivity index (χ4v) is 2.45. The summed E-state index contributed by atoms with van der Waals surface area (Å²) in [6, 6.07) is 4.61. The Kier molecular flexibility index (Phi) is 4.63. The standard InChI is InChI=1S/C16H27N3O/c1-12(2)14-8-9-15(18-17-14)19-10-6-7-13(19)11-20-16(3,4)5/h8-9,12-13H,6-7,10-11H2,1-5H3/t13-/m1/s1. The highest BCUT2D eigenvalue weighted by molar-refractivity contribution is 5.40. The zero-order valence-electron chi connectivity index (χ0n) is 13.4. The first-order chi connectivity index (χ1) is 9.37. The SMILES string of the molecule is CC(C)c1ccc(N2CCC[C@@H]2COC(C)(C)C)nn1. The zero-order valence-corrected chi connectivity index (χ0v) is 13.4. The number of rotatable bonds is 4. The largest absolute Gasteiger partial charge is 0.374 e. The van der Waals surface area contributed by atoms with Gasteiger partial charge < -0.3 is 9.64 Å². The molecule has 1 aromatic heterocycles. The first kappa shape index (κ1) is 15.2. The first-order valence-electron chi connectivity index (χ1n) is 7.61. The highest BCUT2D eigenvalue weighted by Gasteiger charge is 2.27. The van der Waals surface area contributed by atoms with Crippen LogP contribution < -0.4 is 4.90 Å². The molecule has 1 aliphatic heterocycles. The fourth-order valence-electron chi connectivity index (χ4n) is 2.45. The Morgan fingerprint density at radius 1 is 1.30 bits per heavy atom. The van der Waals surface area contributed by atoms with Crippen LogP contribution in [0.25, 0.3) is 0 Å². The third kappa shape index (κ3) is 3.92. The topological polar surface area (TPSA) is 38.2 Å². The van der Waals surface area contributed by atoms with Crippen LogP contribution in [0.1, 0.15) is 59.1 Å². The lowest BCUT2D eigenvalue weighted by atomic mass is 10.1. The molecule has 4 heteroatoms. The van der Waals surface area contributed by atoms with E-state index in [0.29, 0.717) is 12.0 Å². The van der Waals surface area contributed by atoms with E-state index in [1.165, 1.54) is 12.8 Å². The molecule has 4 nitrogen and oxygen atoms in total. The molecular weight excluding hydrogens is 250 g/mol. The summed E-state index contributed by atoms with van der Waals surface area (Å²) in [5.41, 5.74) is 0.969. The van der Waals surface area contributed by atoms with Crippen molar-refractivity contribution < 1.29 is 4.74 Å². The van der Waals surface area contributed by atoms with Crippen LogP contribution in [0.15, 0.2) is 12.1 Å². The van der Waals surface area contributed by atoms with Gasteiger partial charge in [0.15, 0.2) is 5.82 Å². The molecule has 1 atom stereocenters. The van der Waals surface area contributed by atoms with Crippen LogP contribution in [0, 0.1) is 0 Å². The summed E-state index contributed by atoms with van der Waals surface area (Å²) in [6.45, 7) is 12.4. The van der Waals surface area contributed by atoms with Gasteiger partial charge in [0.2, 0.25) is 0 Å². The van der Waals surface area contributed by atoms with Crippen LogP contribution >= 0.6 is 0 Å². The second-order valence-electron chi connectivity index (χ2n) is 6.88. The molecule has 1 aliphatic rings. The Morgan fingerprint density at radius 3 is 2.60 bits per heavy atom. The molecular formula is C16H27N3O. The number of ether oxygens (including phenoxy) is 1. The van der Waals surface area contributed by atoms with Gasteiger partial charge >= 0.3 is 0 Å². The lowest BCUT2D eigenvalue weighted by molar-refractivity contribution is -0.00941. The first-order valence-corrected chi connectivity index (χ1v) is 7.61. The molecule has 2 heterocycles. The van der Waals surface area contributed by atoms with Gasteiger partial charge in [-0.3, -0.25) is 0 Å². The van der Waals surface area contributed by atoms with Gasteiger partial charge in [-0.15, -0.1) is 5.10 Å². The Balaban J connectivity index is 2.03. The van der Waals surface area contributed by atoms with E-state index in [1.807, 2.05) is 0 Å². The van der Waals surface area contributed by atoms with Crippen LogP contribution in [-0.2, 0) is 4.74 Å². The van der Waals surface area contributed by atoms with Crippen LogP contribution in [0.3, 0.4) is 0 Å². The Morgan fingerprint density at radius 2 is 2.05 bits per heavy atom. The predicted molar refractivity (Wildman–Crippen MR) is 82.2 cm³/mol. The maximum atomic E-state index is 5.94. The Hall–Kier alpha value is -1.16. The van der Waals surface area contributed by atoms with Crippen molar-refractivity contribution in [2.45, 2.75) is 65.0 Å². The molecule has 112 valence electrons. The maximum absolute atomic E-state index is 5.94. The number of hydrogen-bond acceptors (Lipinski definition) is 4. The number of anilines is 1. The molecule has 0 aliphatic carbocycles. The van der Waals surface area contributed by atoms with E-state index in [9.17, 15) is 0 Å². The minimum absolute atomic E-state index is 0.0819. The van der Waals surface area contributed by atoms with Crippen molar-refractivity contribution in [3.8, 4) is 0 Å². The van der Waals surface area contributed by atoms with Crippen molar-refractivity contribution in [2.24, 2.45) is 0 Å².